The van der Waals surface area contributed by atoms with E-state index in [4.69, 9.17) is 0 Å². The van der Waals surface area contributed by atoms with E-state index < -0.39 is 0 Å². The second kappa shape index (κ2) is 6.07. The van der Waals surface area contributed by atoms with Gasteiger partial charge >= 0.3 is 0 Å². The van der Waals surface area contributed by atoms with Crippen molar-refractivity contribution in [2.24, 2.45) is 0 Å². The van der Waals surface area contributed by atoms with Crippen LogP contribution in [-0.2, 0) is 6.54 Å². The molecule has 4 rings (SSSR count). The van der Waals surface area contributed by atoms with Crippen molar-refractivity contribution in [3.63, 3.8) is 0 Å². The Labute approximate surface area is 131 Å². The normalized spacial score (nSPS) is 18.3. The number of hydrogen-bond donors (Lipinski definition) is 2. The van der Waals surface area contributed by atoms with Crippen LogP contribution in [0.5, 0.6) is 0 Å². The summed E-state index contributed by atoms with van der Waals surface area (Å²) >= 11 is 0. The third-order valence-corrected chi connectivity index (χ3v) is 4.74. The first-order valence-corrected chi connectivity index (χ1v) is 8.25. The molecule has 0 radical (unpaired) electrons. The first kappa shape index (κ1) is 13.7. The first-order valence-electron chi connectivity index (χ1n) is 8.25. The highest BCUT2D eigenvalue weighted by Gasteiger charge is 2.13. The minimum Gasteiger partial charge on any atom is -0.313 e. The van der Waals surface area contributed by atoms with Gasteiger partial charge in [-0.3, -0.25) is 0 Å². The fourth-order valence-corrected chi connectivity index (χ4v) is 3.60. The molecule has 0 aliphatic carbocycles. The molecule has 3 aromatic rings. The zero-order valence-electron chi connectivity index (χ0n) is 12.8. The van der Waals surface area contributed by atoms with Crippen LogP contribution in [-0.4, -0.2) is 19.1 Å². The average Bonchev–Trinajstić information content (AvgIpc) is 3.07. The van der Waals surface area contributed by atoms with Gasteiger partial charge in [-0.1, -0.05) is 48.5 Å². The number of benzene rings is 3. The van der Waals surface area contributed by atoms with Crippen molar-refractivity contribution in [3.8, 4) is 0 Å². The fraction of sp³-hybridized carbons (Fsp3) is 0.300. The molecule has 112 valence electrons. The first-order chi connectivity index (χ1) is 10.9. The molecule has 0 amide bonds. The van der Waals surface area contributed by atoms with Crippen molar-refractivity contribution in [2.75, 3.05) is 13.1 Å². The summed E-state index contributed by atoms with van der Waals surface area (Å²) < 4.78 is 0. The Kier molecular flexibility index (Phi) is 3.79. The molecule has 1 saturated heterocycles. The Morgan fingerprint density at radius 1 is 0.955 bits per heavy atom. The van der Waals surface area contributed by atoms with E-state index in [2.05, 4.69) is 65.2 Å². The molecule has 2 N–H and O–H groups in total. The molecular formula is C20H22N2. The van der Waals surface area contributed by atoms with Crippen molar-refractivity contribution in [1.82, 2.24) is 10.6 Å². The van der Waals surface area contributed by atoms with Crippen LogP contribution in [0.1, 0.15) is 18.4 Å². The molecular weight excluding hydrogens is 268 g/mol. The van der Waals surface area contributed by atoms with E-state index in [1.807, 2.05) is 0 Å². The van der Waals surface area contributed by atoms with Crippen molar-refractivity contribution in [3.05, 3.63) is 60.2 Å². The lowest BCUT2D eigenvalue weighted by Crippen LogP contribution is -2.33. The molecule has 0 saturated carbocycles. The van der Waals surface area contributed by atoms with Crippen molar-refractivity contribution < 1.29 is 0 Å². The van der Waals surface area contributed by atoms with Gasteiger partial charge in [-0.15, -0.1) is 0 Å². The smallest absolute Gasteiger partial charge is 0.0218 e. The zero-order chi connectivity index (χ0) is 14.8. The van der Waals surface area contributed by atoms with Crippen LogP contribution in [0.2, 0.25) is 0 Å². The number of hydrogen-bond acceptors (Lipinski definition) is 2. The second-order valence-electron chi connectivity index (χ2n) is 6.22. The zero-order valence-corrected chi connectivity index (χ0v) is 12.8. The van der Waals surface area contributed by atoms with Gasteiger partial charge in [0.25, 0.3) is 0 Å². The second-order valence-corrected chi connectivity index (χ2v) is 6.22. The molecule has 1 atom stereocenters. The van der Waals surface area contributed by atoms with E-state index in [9.17, 15) is 0 Å². The van der Waals surface area contributed by atoms with E-state index in [1.165, 1.54) is 46.5 Å². The van der Waals surface area contributed by atoms with Crippen LogP contribution >= 0.6 is 0 Å². The molecule has 2 heteroatoms. The van der Waals surface area contributed by atoms with E-state index in [1.54, 1.807) is 0 Å². The largest absolute Gasteiger partial charge is 0.313 e. The van der Waals surface area contributed by atoms with Crippen LogP contribution in [0.3, 0.4) is 0 Å². The van der Waals surface area contributed by atoms with Crippen LogP contribution in [0, 0.1) is 0 Å². The lowest BCUT2D eigenvalue weighted by Gasteiger charge is -2.15. The number of fused-ring (bicyclic) bond motifs is 2. The summed E-state index contributed by atoms with van der Waals surface area (Å²) in [4.78, 5) is 0. The lowest BCUT2D eigenvalue weighted by molar-refractivity contribution is 0.537. The molecule has 22 heavy (non-hydrogen) atoms. The van der Waals surface area contributed by atoms with Crippen molar-refractivity contribution in [2.45, 2.75) is 25.4 Å². The predicted molar refractivity (Wildman–Crippen MR) is 94.2 cm³/mol. The van der Waals surface area contributed by atoms with E-state index in [0.29, 0.717) is 6.04 Å². The SMILES string of the molecule is c1ccc2c(CNC[C@@H]3CCCN3)c3ccccc3cc2c1. The highest BCUT2D eigenvalue weighted by molar-refractivity contribution is 6.02. The lowest BCUT2D eigenvalue weighted by atomic mass is 9.96. The Morgan fingerprint density at radius 3 is 2.27 bits per heavy atom. The van der Waals surface area contributed by atoms with Crippen LogP contribution < -0.4 is 10.6 Å². The summed E-state index contributed by atoms with van der Waals surface area (Å²) in [5.41, 5.74) is 1.42. The van der Waals surface area contributed by atoms with Crippen molar-refractivity contribution >= 4 is 21.5 Å². The molecule has 1 aliphatic rings. The highest BCUT2D eigenvalue weighted by Crippen LogP contribution is 2.28. The summed E-state index contributed by atoms with van der Waals surface area (Å²) in [7, 11) is 0. The summed E-state index contributed by atoms with van der Waals surface area (Å²) in [5, 5.41) is 12.6. The average molecular weight is 290 g/mol. The van der Waals surface area contributed by atoms with E-state index >= 15 is 0 Å². The molecule has 0 bridgehead atoms. The Balaban J connectivity index is 1.69. The maximum atomic E-state index is 3.67. The molecule has 3 aromatic carbocycles. The maximum Gasteiger partial charge on any atom is 0.0218 e. The van der Waals surface area contributed by atoms with Crippen LogP contribution in [0.15, 0.2) is 54.6 Å². The van der Waals surface area contributed by atoms with Gasteiger partial charge in [-0.05, 0) is 52.6 Å². The Bertz CT molecular complexity index is 734. The van der Waals surface area contributed by atoms with Gasteiger partial charge in [-0.25, -0.2) is 0 Å². The molecule has 1 fully saturated rings. The molecule has 0 spiro atoms. The summed E-state index contributed by atoms with van der Waals surface area (Å²) in [6, 6.07) is 20.4. The minimum absolute atomic E-state index is 0.640. The minimum atomic E-state index is 0.640. The maximum absolute atomic E-state index is 3.67. The van der Waals surface area contributed by atoms with Gasteiger partial charge < -0.3 is 10.6 Å². The Morgan fingerprint density at radius 2 is 1.64 bits per heavy atom. The molecule has 1 aliphatic heterocycles. The van der Waals surface area contributed by atoms with Gasteiger partial charge in [0.1, 0.15) is 0 Å². The van der Waals surface area contributed by atoms with Gasteiger partial charge in [0, 0.05) is 19.1 Å². The third kappa shape index (κ3) is 2.60. The highest BCUT2D eigenvalue weighted by atomic mass is 15.0. The molecule has 2 nitrogen and oxygen atoms in total. The van der Waals surface area contributed by atoms with Crippen molar-refractivity contribution in [1.29, 1.82) is 0 Å². The quantitative estimate of drug-likeness (QED) is 0.714. The number of nitrogens with one attached hydrogen (secondary N) is 2. The van der Waals surface area contributed by atoms with Gasteiger partial charge in [-0.2, -0.15) is 0 Å². The summed E-state index contributed by atoms with van der Waals surface area (Å²) in [6.45, 7) is 3.15. The molecule has 0 unspecified atom stereocenters. The van der Waals surface area contributed by atoms with E-state index in [-0.39, 0.29) is 0 Å². The standard InChI is InChI=1S/C20H22N2/c1-3-9-18-15(6-1)12-16-7-2-4-10-19(16)20(18)14-21-13-17-8-5-11-22-17/h1-4,6-7,9-10,12,17,21-22H,5,8,11,13-14H2/t17-/m0/s1. The van der Waals surface area contributed by atoms with E-state index in [0.717, 1.165) is 13.1 Å². The molecule has 0 aromatic heterocycles. The van der Waals surface area contributed by atoms with Gasteiger partial charge in [0.15, 0.2) is 0 Å². The fourth-order valence-electron chi connectivity index (χ4n) is 3.60. The topological polar surface area (TPSA) is 24.1 Å². The van der Waals surface area contributed by atoms with Crippen LogP contribution in [0.25, 0.3) is 21.5 Å². The Hall–Kier alpha value is -1.90. The monoisotopic (exact) mass is 290 g/mol. The summed E-state index contributed by atoms with van der Waals surface area (Å²) in [5.74, 6) is 0. The number of rotatable bonds is 4. The molecule has 1 heterocycles. The summed E-state index contributed by atoms with van der Waals surface area (Å²) in [6.07, 6.45) is 2.60. The van der Waals surface area contributed by atoms with Crippen LogP contribution in [0.4, 0.5) is 0 Å². The predicted octanol–water partition coefficient (Wildman–Crippen LogP) is 3.83. The van der Waals surface area contributed by atoms with Gasteiger partial charge in [0.05, 0.1) is 0 Å². The van der Waals surface area contributed by atoms with Gasteiger partial charge in [0.2, 0.25) is 0 Å². The third-order valence-electron chi connectivity index (χ3n) is 4.74.